The maximum atomic E-state index is 2.48. The zero-order chi connectivity index (χ0) is 11.8. The van der Waals surface area contributed by atoms with Crippen molar-refractivity contribution in [2.24, 2.45) is 0 Å². The van der Waals surface area contributed by atoms with E-state index in [0.717, 1.165) is 26.2 Å². The van der Waals surface area contributed by atoms with Gasteiger partial charge in [-0.2, -0.15) is 0 Å². The third-order valence-corrected chi connectivity index (χ3v) is 3.30. The van der Waals surface area contributed by atoms with E-state index in [1.54, 1.807) is 0 Å². The van der Waals surface area contributed by atoms with E-state index >= 15 is 0 Å². The molecule has 1 aliphatic rings. The van der Waals surface area contributed by atoms with Gasteiger partial charge in [-0.05, 0) is 38.9 Å². The van der Waals surface area contributed by atoms with E-state index in [9.17, 15) is 0 Å². The van der Waals surface area contributed by atoms with Crippen molar-refractivity contribution in [3.8, 4) is 0 Å². The maximum Gasteiger partial charge on any atom is 0.0322 e. The van der Waals surface area contributed by atoms with Gasteiger partial charge in [0.1, 0.15) is 0 Å². The summed E-state index contributed by atoms with van der Waals surface area (Å²) in [6, 6.07) is 0. The summed E-state index contributed by atoms with van der Waals surface area (Å²) in [7, 11) is 0. The third kappa shape index (κ3) is 4.01. The Morgan fingerprint density at radius 3 is 2.25 bits per heavy atom. The predicted molar refractivity (Wildman–Crippen MR) is 71.5 cm³/mol. The molecule has 0 saturated heterocycles. The number of nitrogens with zero attached hydrogens (tertiary/aromatic N) is 2. The van der Waals surface area contributed by atoms with Gasteiger partial charge < -0.3 is 9.80 Å². The predicted octanol–water partition coefficient (Wildman–Crippen LogP) is 2.88. The van der Waals surface area contributed by atoms with Gasteiger partial charge in [0.25, 0.3) is 0 Å². The number of likely N-dealkylation sites (N-methyl/N-ethyl adjacent to an activating group) is 2. The Labute approximate surface area is 101 Å². The second kappa shape index (κ2) is 7.50. The number of hydrogen-bond donors (Lipinski definition) is 0. The molecule has 1 rings (SSSR count). The van der Waals surface area contributed by atoms with Crippen molar-refractivity contribution >= 4 is 0 Å². The average Bonchev–Trinajstić information content (AvgIpc) is 2.36. The van der Waals surface area contributed by atoms with Gasteiger partial charge in [0, 0.05) is 25.3 Å². The quantitative estimate of drug-likeness (QED) is 0.653. The van der Waals surface area contributed by atoms with Gasteiger partial charge in [0.15, 0.2) is 0 Å². The molecule has 0 aliphatic heterocycles. The molecule has 2 nitrogen and oxygen atoms in total. The van der Waals surface area contributed by atoms with E-state index in [-0.39, 0.29) is 0 Å². The minimum Gasteiger partial charge on any atom is -0.371 e. The molecule has 0 radical (unpaired) electrons. The molecule has 0 spiro atoms. The summed E-state index contributed by atoms with van der Waals surface area (Å²) in [5, 5.41) is 0. The van der Waals surface area contributed by atoms with E-state index in [4.69, 9.17) is 0 Å². The van der Waals surface area contributed by atoms with Crippen molar-refractivity contribution < 1.29 is 0 Å². The van der Waals surface area contributed by atoms with Crippen LogP contribution in [0.5, 0.6) is 0 Å². The summed E-state index contributed by atoms with van der Waals surface area (Å²) in [5.74, 6) is 0. The summed E-state index contributed by atoms with van der Waals surface area (Å²) < 4.78 is 0. The maximum absolute atomic E-state index is 2.48. The van der Waals surface area contributed by atoms with Crippen LogP contribution in [-0.2, 0) is 0 Å². The van der Waals surface area contributed by atoms with Gasteiger partial charge in [-0.1, -0.05) is 26.0 Å². The summed E-state index contributed by atoms with van der Waals surface area (Å²) in [4.78, 5) is 4.96. The molecule has 0 N–H and O–H groups in total. The van der Waals surface area contributed by atoms with Crippen LogP contribution in [0.15, 0.2) is 23.9 Å². The third-order valence-electron chi connectivity index (χ3n) is 3.30. The van der Waals surface area contributed by atoms with Crippen molar-refractivity contribution in [2.45, 2.75) is 33.6 Å². The first-order valence-electron chi connectivity index (χ1n) is 6.65. The van der Waals surface area contributed by atoms with E-state index < -0.39 is 0 Å². The molecular formula is C14H26N2. The lowest BCUT2D eigenvalue weighted by atomic mass is 10.1. The van der Waals surface area contributed by atoms with Gasteiger partial charge in [-0.15, -0.1) is 0 Å². The molecule has 92 valence electrons. The van der Waals surface area contributed by atoms with Crippen molar-refractivity contribution in [3.05, 3.63) is 23.9 Å². The normalized spacial score (nSPS) is 15.4. The van der Waals surface area contributed by atoms with E-state index in [0.29, 0.717) is 0 Å². The highest BCUT2D eigenvalue weighted by molar-refractivity contribution is 5.21. The first-order valence-corrected chi connectivity index (χ1v) is 6.65. The van der Waals surface area contributed by atoms with Crippen LogP contribution in [0.3, 0.4) is 0 Å². The van der Waals surface area contributed by atoms with Crippen LogP contribution in [0, 0.1) is 0 Å². The smallest absolute Gasteiger partial charge is 0.0322 e. The Morgan fingerprint density at radius 2 is 1.75 bits per heavy atom. The zero-order valence-electron chi connectivity index (χ0n) is 11.1. The van der Waals surface area contributed by atoms with E-state index in [2.05, 4.69) is 48.8 Å². The van der Waals surface area contributed by atoms with Crippen molar-refractivity contribution in [1.82, 2.24) is 9.80 Å². The van der Waals surface area contributed by atoms with Crippen molar-refractivity contribution in [1.29, 1.82) is 0 Å². The van der Waals surface area contributed by atoms with Crippen LogP contribution >= 0.6 is 0 Å². The largest absolute Gasteiger partial charge is 0.371 e. The minimum absolute atomic E-state index is 1.11. The Kier molecular flexibility index (Phi) is 6.24. The second-order valence-electron chi connectivity index (χ2n) is 4.22. The molecule has 0 fully saturated rings. The lowest BCUT2D eigenvalue weighted by Crippen LogP contribution is -2.34. The summed E-state index contributed by atoms with van der Waals surface area (Å²) in [6.07, 6.45) is 9.33. The minimum atomic E-state index is 1.11. The SMILES string of the molecule is CCN(CC)CCN(CC)C1=CCCC=C1. The van der Waals surface area contributed by atoms with Gasteiger partial charge in [0.2, 0.25) is 0 Å². The molecule has 2 heteroatoms. The van der Waals surface area contributed by atoms with E-state index in [1.165, 1.54) is 25.1 Å². The fourth-order valence-electron chi connectivity index (χ4n) is 2.11. The van der Waals surface area contributed by atoms with Crippen LogP contribution in [0.2, 0.25) is 0 Å². The van der Waals surface area contributed by atoms with Crippen molar-refractivity contribution in [3.63, 3.8) is 0 Å². The second-order valence-corrected chi connectivity index (χ2v) is 4.22. The van der Waals surface area contributed by atoms with Crippen LogP contribution in [0.25, 0.3) is 0 Å². The Morgan fingerprint density at radius 1 is 1.00 bits per heavy atom. The highest BCUT2D eigenvalue weighted by Gasteiger charge is 2.08. The molecule has 1 aliphatic carbocycles. The fraction of sp³-hybridized carbons (Fsp3) is 0.714. The fourth-order valence-corrected chi connectivity index (χ4v) is 2.11. The Bertz CT molecular complexity index is 239. The monoisotopic (exact) mass is 222 g/mol. The summed E-state index contributed by atoms with van der Waals surface area (Å²) in [6.45, 7) is 12.5. The molecule has 0 aromatic heterocycles. The highest BCUT2D eigenvalue weighted by atomic mass is 15.2. The molecule has 0 unspecified atom stereocenters. The number of rotatable bonds is 7. The molecular weight excluding hydrogens is 196 g/mol. The van der Waals surface area contributed by atoms with E-state index in [1.807, 2.05) is 0 Å². The lowest BCUT2D eigenvalue weighted by molar-refractivity contribution is 0.253. The lowest BCUT2D eigenvalue weighted by Gasteiger charge is -2.28. The molecule has 0 bridgehead atoms. The number of hydrogen-bond acceptors (Lipinski definition) is 2. The van der Waals surface area contributed by atoms with Crippen LogP contribution in [0.4, 0.5) is 0 Å². The number of allylic oxidation sites excluding steroid dienone is 3. The van der Waals surface area contributed by atoms with Crippen LogP contribution in [-0.4, -0.2) is 42.5 Å². The van der Waals surface area contributed by atoms with Gasteiger partial charge in [-0.3, -0.25) is 0 Å². The van der Waals surface area contributed by atoms with Crippen molar-refractivity contribution in [2.75, 3.05) is 32.7 Å². The van der Waals surface area contributed by atoms with Gasteiger partial charge in [-0.25, -0.2) is 0 Å². The van der Waals surface area contributed by atoms with Gasteiger partial charge >= 0.3 is 0 Å². The highest BCUT2D eigenvalue weighted by Crippen LogP contribution is 2.13. The standard InChI is InChI=1S/C14H26N2/c1-4-15(5-2)12-13-16(6-3)14-10-8-7-9-11-14/h8,10-11H,4-7,9,12-13H2,1-3H3. The molecule has 0 aromatic rings. The first-order chi connectivity index (χ1) is 7.81. The van der Waals surface area contributed by atoms with Crippen LogP contribution < -0.4 is 0 Å². The topological polar surface area (TPSA) is 6.48 Å². The summed E-state index contributed by atoms with van der Waals surface area (Å²) >= 11 is 0. The average molecular weight is 222 g/mol. The zero-order valence-corrected chi connectivity index (χ0v) is 11.1. The Balaban J connectivity index is 2.42. The molecule has 0 saturated carbocycles. The summed E-state index contributed by atoms with van der Waals surface area (Å²) in [5.41, 5.74) is 1.42. The van der Waals surface area contributed by atoms with Gasteiger partial charge in [0.05, 0.1) is 0 Å². The Hall–Kier alpha value is -0.760. The first kappa shape index (κ1) is 13.3. The molecule has 0 atom stereocenters. The molecule has 16 heavy (non-hydrogen) atoms. The van der Waals surface area contributed by atoms with Crippen LogP contribution in [0.1, 0.15) is 33.6 Å². The molecule has 0 amide bonds. The molecule has 0 heterocycles. The molecule has 0 aromatic carbocycles.